The van der Waals surface area contributed by atoms with E-state index in [1.807, 2.05) is 33.0 Å². The van der Waals surface area contributed by atoms with Gasteiger partial charge in [-0.15, -0.1) is 0 Å². The molecular weight excluding hydrogens is 248 g/mol. The molecule has 0 saturated heterocycles. The van der Waals surface area contributed by atoms with E-state index in [0.29, 0.717) is 11.4 Å². The number of fused-ring (bicyclic) bond motifs is 1. The van der Waals surface area contributed by atoms with Gasteiger partial charge in [0.1, 0.15) is 0 Å². The Morgan fingerprint density at radius 2 is 1.94 bits per heavy atom. The lowest BCUT2D eigenvalue weighted by Gasteiger charge is -2.33. The van der Waals surface area contributed by atoms with Crippen molar-refractivity contribution in [1.82, 2.24) is 5.32 Å². The van der Waals surface area contributed by atoms with Gasteiger partial charge in [-0.05, 0) is 32.0 Å². The van der Waals surface area contributed by atoms with Crippen LogP contribution in [-0.4, -0.2) is 40.9 Å². The number of nitrogens with zero attached hydrogens (tertiary/aromatic N) is 1. The molecule has 1 aromatic rings. The molecule has 1 aliphatic rings. The molecule has 0 aliphatic carbocycles. The van der Waals surface area contributed by atoms with Gasteiger partial charge in [-0.3, -0.25) is 0 Å². The zero-order valence-electron chi connectivity index (χ0n) is 11.2. The topological polar surface area (TPSA) is 49.4 Å². The van der Waals surface area contributed by atoms with E-state index >= 15 is 0 Å². The molecule has 0 saturated carbocycles. The third-order valence-corrected chi connectivity index (χ3v) is 5.28. The standard InChI is InChI=1S/C13H20N2O2S/c1-10-4-5-11(2)13-12(10)15(7-6-14-3)8-9-18(13,16)17/h4-5,14H,6-9H2,1-3H3. The molecule has 0 amide bonds. The highest BCUT2D eigenvalue weighted by atomic mass is 32.2. The van der Waals surface area contributed by atoms with Gasteiger partial charge in [0.2, 0.25) is 0 Å². The van der Waals surface area contributed by atoms with Gasteiger partial charge < -0.3 is 10.2 Å². The summed E-state index contributed by atoms with van der Waals surface area (Å²) in [5.74, 6) is 0.216. The van der Waals surface area contributed by atoms with Gasteiger partial charge in [-0.1, -0.05) is 12.1 Å². The van der Waals surface area contributed by atoms with Crippen LogP contribution >= 0.6 is 0 Å². The lowest BCUT2D eigenvalue weighted by molar-refractivity contribution is 0.587. The third-order valence-electron chi connectivity index (χ3n) is 3.42. The number of hydrogen-bond acceptors (Lipinski definition) is 4. The summed E-state index contributed by atoms with van der Waals surface area (Å²) in [6.45, 7) is 6.13. The van der Waals surface area contributed by atoms with Crippen molar-refractivity contribution in [3.63, 3.8) is 0 Å². The summed E-state index contributed by atoms with van der Waals surface area (Å²) in [7, 11) is -1.21. The first-order valence-corrected chi connectivity index (χ1v) is 7.85. The van der Waals surface area contributed by atoms with Crippen molar-refractivity contribution in [3.8, 4) is 0 Å². The lowest BCUT2D eigenvalue weighted by atomic mass is 10.1. The van der Waals surface area contributed by atoms with Crippen molar-refractivity contribution in [2.75, 3.05) is 37.3 Å². The summed E-state index contributed by atoms with van der Waals surface area (Å²) in [5.41, 5.74) is 2.79. The predicted octanol–water partition coefficient (Wildman–Crippen LogP) is 1.12. The van der Waals surface area contributed by atoms with E-state index in [2.05, 4.69) is 10.2 Å². The quantitative estimate of drug-likeness (QED) is 0.892. The molecule has 1 aliphatic heterocycles. The Hall–Kier alpha value is -1.07. The van der Waals surface area contributed by atoms with Crippen molar-refractivity contribution in [2.45, 2.75) is 18.7 Å². The monoisotopic (exact) mass is 268 g/mol. The average molecular weight is 268 g/mol. The zero-order chi connectivity index (χ0) is 13.3. The average Bonchev–Trinajstić information content (AvgIpc) is 2.32. The first-order chi connectivity index (χ1) is 8.47. The minimum absolute atomic E-state index is 0.216. The Kier molecular flexibility index (Phi) is 3.64. The highest BCUT2D eigenvalue weighted by Crippen LogP contribution is 2.35. The smallest absolute Gasteiger partial charge is 0.182 e. The van der Waals surface area contributed by atoms with E-state index in [-0.39, 0.29) is 5.75 Å². The maximum absolute atomic E-state index is 12.2. The minimum Gasteiger partial charge on any atom is -0.368 e. The number of rotatable bonds is 3. The van der Waals surface area contributed by atoms with Crippen LogP contribution in [0.25, 0.3) is 0 Å². The van der Waals surface area contributed by atoms with Gasteiger partial charge in [0.05, 0.1) is 16.3 Å². The number of anilines is 1. The molecule has 1 heterocycles. The number of nitrogens with one attached hydrogen (secondary N) is 1. The van der Waals surface area contributed by atoms with Crippen LogP contribution in [0.2, 0.25) is 0 Å². The van der Waals surface area contributed by atoms with E-state index in [1.54, 1.807) is 0 Å². The van der Waals surface area contributed by atoms with Gasteiger partial charge in [0.25, 0.3) is 0 Å². The van der Waals surface area contributed by atoms with Crippen LogP contribution in [0.5, 0.6) is 0 Å². The first-order valence-electron chi connectivity index (χ1n) is 6.20. The Labute approximate surface area is 109 Å². The van der Waals surface area contributed by atoms with Crippen LogP contribution < -0.4 is 10.2 Å². The highest BCUT2D eigenvalue weighted by Gasteiger charge is 2.30. The number of benzene rings is 1. The van der Waals surface area contributed by atoms with Crippen LogP contribution in [-0.2, 0) is 9.84 Å². The van der Waals surface area contributed by atoms with E-state index in [0.717, 1.165) is 29.9 Å². The third kappa shape index (κ3) is 2.24. The summed E-state index contributed by atoms with van der Waals surface area (Å²) < 4.78 is 24.4. The van der Waals surface area contributed by atoms with Crippen molar-refractivity contribution in [3.05, 3.63) is 23.3 Å². The van der Waals surface area contributed by atoms with E-state index < -0.39 is 9.84 Å². The molecule has 2 rings (SSSR count). The van der Waals surface area contributed by atoms with Crippen LogP contribution in [0, 0.1) is 13.8 Å². The molecule has 4 nitrogen and oxygen atoms in total. The number of aryl methyl sites for hydroxylation is 2. The summed E-state index contributed by atoms with van der Waals surface area (Å²) in [6.07, 6.45) is 0. The molecule has 18 heavy (non-hydrogen) atoms. The molecule has 0 unspecified atom stereocenters. The Morgan fingerprint density at radius 3 is 2.61 bits per heavy atom. The maximum atomic E-state index is 12.2. The molecule has 1 aromatic carbocycles. The number of hydrogen-bond donors (Lipinski definition) is 1. The molecule has 0 radical (unpaired) electrons. The van der Waals surface area contributed by atoms with Crippen molar-refractivity contribution < 1.29 is 8.42 Å². The van der Waals surface area contributed by atoms with Crippen molar-refractivity contribution in [1.29, 1.82) is 0 Å². The lowest BCUT2D eigenvalue weighted by Crippen LogP contribution is -2.39. The summed E-state index contributed by atoms with van der Waals surface area (Å²) >= 11 is 0. The predicted molar refractivity (Wildman–Crippen MR) is 74.1 cm³/mol. The number of sulfone groups is 1. The fourth-order valence-electron chi connectivity index (χ4n) is 2.47. The minimum atomic E-state index is -3.12. The molecule has 5 heteroatoms. The second-order valence-electron chi connectivity index (χ2n) is 4.79. The van der Waals surface area contributed by atoms with Crippen LogP contribution in [0.1, 0.15) is 11.1 Å². The Bertz CT molecular complexity index is 552. The normalized spacial score (nSPS) is 17.6. The molecule has 0 fully saturated rings. The van der Waals surface area contributed by atoms with E-state index in [1.165, 1.54) is 0 Å². The molecule has 0 atom stereocenters. The van der Waals surface area contributed by atoms with Gasteiger partial charge in [0.15, 0.2) is 9.84 Å². The molecule has 0 bridgehead atoms. The zero-order valence-corrected chi connectivity index (χ0v) is 12.0. The highest BCUT2D eigenvalue weighted by molar-refractivity contribution is 7.91. The Balaban J connectivity index is 2.55. The SMILES string of the molecule is CNCCN1CCS(=O)(=O)c2c(C)ccc(C)c21. The van der Waals surface area contributed by atoms with Gasteiger partial charge >= 0.3 is 0 Å². The second-order valence-corrected chi connectivity index (χ2v) is 6.83. The summed E-state index contributed by atoms with van der Waals surface area (Å²) in [5, 5.41) is 3.11. The molecule has 100 valence electrons. The summed E-state index contributed by atoms with van der Waals surface area (Å²) in [6, 6.07) is 3.90. The van der Waals surface area contributed by atoms with Crippen molar-refractivity contribution in [2.24, 2.45) is 0 Å². The maximum Gasteiger partial charge on any atom is 0.182 e. The molecular formula is C13H20N2O2S. The Morgan fingerprint density at radius 1 is 1.28 bits per heavy atom. The second kappa shape index (κ2) is 4.90. The summed E-state index contributed by atoms with van der Waals surface area (Å²) in [4.78, 5) is 2.71. The molecule has 0 aromatic heterocycles. The largest absolute Gasteiger partial charge is 0.368 e. The van der Waals surface area contributed by atoms with Crippen molar-refractivity contribution >= 4 is 15.5 Å². The molecule has 0 spiro atoms. The van der Waals surface area contributed by atoms with Crippen LogP contribution in [0.3, 0.4) is 0 Å². The number of likely N-dealkylation sites (N-methyl/N-ethyl adjacent to an activating group) is 1. The van der Waals surface area contributed by atoms with Gasteiger partial charge in [-0.25, -0.2) is 8.42 Å². The molecule has 1 N–H and O–H groups in total. The van der Waals surface area contributed by atoms with Crippen LogP contribution in [0.15, 0.2) is 17.0 Å². The van der Waals surface area contributed by atoms with E-state index in [9.17, 15) is 8.42 Å². The fraction of sp³-hybridized carbons (Fsp3) is 0.538. The fourth-order valence-corrected chi connectivity index (χ4v) is 4.28. The first kappa shape index (κ1) is 13.4. The van der Waals surface area contributed by atoms with E-state index in [4.69, 9.17) is 0 Å². The van der Waals surface area contributed by atoms with Gasteiger partial charge in [-0.2, -0.15) is 0 Å². The van der Waals surface area contributed by atoms with Crippen LogP contribution in [0.4, 0.5) is 5.69 Å². The van der Waals surface area contributed by atoms with Gasteiger partial charge in [0, 0.05) is 19.6 Å².